The van der Waals surface area contributed by atoms with E-state index < -0.39 is 12.1 Å². The van der Waals surface area contributed by atoms with Crippen molar-refractivity contribution in [3.05, 3.63) is 63.7 Å². The fraction of sp³-hybridized carbons (Fsp3) is 0.455. The average Bonchev–Trinajstić information content (AvgIpc) is 3.31. The van der Waals surface area contributed by atoms with Crippen LogP contribution in [0, 0.1) is 0 Å². The zero-order valence-corrected chi connectivity index (χ0v) is 19.4. The van der Waals surface area contributed by atoms with Gasteiger partial charge in [0.05, 0.1) is 13.0 Å². The number of hydrogen-bond acceptors (Lipinski definition) is 3. The van der Waals surface area contributed by atoms with Crippen LogP contribution < -0.4 is 15.4 Å². The van der Waals surface area contributed by atoms with Crippen molar-refractivity contribution in [2.45, 2.75) is 50.0 Å². The number of rotatable bonds is 5. The summed E-state index contributed by atoms with van der Waals surface area (Å²) in [4.78, 5) is 0. The van der Waals surface area contributed by atoms with E-state index in [9.17, 15) is 13.2 Å². The van der Waals surface area contributed by atoms with Gasteiger partial charge < -0.3 is 15.4 Å². The van der Waals surface area contributed by atoms with Gasteiger partial charge in [0.25, 0.3) is 0 Å². The Kier molecular flexibility index (Phi) is 8.94. The van der Waals surface area contributed by atoms with Crippen LogP contribution >= 0.6 is 36.4 Å². The van der Waals surface area contributed by atoms with Crippen molar-refractivity contribution in [1.29, 1.82) is 0 Å². The molecule has 0 radical (unpaired) electrons. The van der Waals surface area contributed by atoms with E-state index in [1.807, 2.05) is 24.3 Å². The molecule has 3 nitrogen and oxygen atoms in total. The standard InChI is InChI=1S/C22H24ClF3N2O.2ClH/c1-29-20-11-13-5-6-18(22(24,25)26)17(13)10-15(20)12-28-19-7-8-27-21(19)14-3-2-4-16(23)9-14;;/h2-4,9-11,18-19,21,27-28H,5-8,12H2,1H3;2*1H/t18?,19-,21-;;/m1../s1. The highest BCUT2D eigenvalue weighted by atomic mass is 35.5. The summed E-state index contributed by atoms with van der Waals surface area (Å²) in [5, 5.41) is 7.69. The molecule has 1 fully saturated rings. The molecule has 0 saturated carbocycles. The summed E-state index contributed by atoms with van der Waals surface area (Å²) in [6.45, 7) is 1.32. The second-order valence-corrected chi connectivity index (χ2v) is 8.20. The third-order valence-corrected chi connectivity index (χ3v) is 6.23. The molecule has 1 aliphatic carbocycles. The zero-order chi connectivity index (χ0) is 20.6. The normalized spacial score (nSPS) is 22.4. The van der Waals surface area contributed by atoms with Crippen LogP contribution in [0.4, 0.5) is 13.2 Å². The second kappa shape index (κ2) is 10.6. The van der Waals surface area contributed by atoms with E-state index in [4.69, 9.17) is 16.3 Å². The van der Waals surface area contributed by atoms with E-state index in [2.05, 4.69) is 10.6 Å². The number of methoxy groups -OCH3 is 1. The number of alkyl halides is 3. The molecule has 2 aliphatic rings. The van der Waals surface area contributed by atoms with Crippen LogP contribution in [-0.4, -0.2) is 25.9 Å². The lowest BCUT2D eigenvalue weighted by atomic mass is 9.97. The number of aryl methyl sites for hydroxylation is 1. The Labute approximate surface area is 197 Å². The molecule has 4 rings (SSSR count). The first-order valence-electron chi connectivity index (χ1n) is 9.85. The smallest absolute Gasteiger partial charge is 0.395 e. The van der Waals surface area contributed by atoms with Crippen LogP contribution in [0.2, 0.25) is 5.02 Å². The number of ether oxygens (including phenoxy) is 1. The van der Waals surface area contributed by atoms with Gasteiger partial charge in [-0.2, -0.15) is 13.2 Å². The fourth-order valence-corrected chi connectivity index (χ4v) is 4.76. The topological polar surface area (TPSA) is 33.3 Å². The summed E-state index contributed by atoms with van der Waals surface area (Å²) in [6.07, 6.45) is -2.73. The molecule has 31 heavy (non-hydrogen) atoms. The highest BCUT2D eigenvalue weighted by Gasteiger charge is 2.44. The summed E-state index contributed by atoms with van der Waals surface area (Å²) in [5.41, 5.74) is 3.00. The maximum Gasteiger partial charge on any atom is 0.395 e. The van der Waals surface area contributed by atoms with Crippen LogP contribution in [0.25, 0.3) is 0 Å². The van der Waals surface area contributed by atoms with E-state index in [1.54, 1.807) is 19.2 Å². The zero-order valence-electron chi connectivity index (χ0n) is 17.0. The van der Waals surface area contributed by atoms with Crippen molar-refractivity contribution in [2.75, 3.05) is 13.7 Å². The molecule has 1 heterocycles. The average molecular weight is 498 g/mol. The van der Waals surface area contributed by atoms with Crippen molar-refractivity contribution in [1.82, 2.24) is 10.6 Å². The van der Waals surface area contributed by atoms with E-state index in [1.165, 1.54) is 0 Å². The highest BCUT2D eigenvalue weighted by Crippen LogP contribution is 2.46. The Morgan fingerprint density at radius 2 is 1.94 bits per heavy atom. The molecule has 1 saturated heterocycles. The molecule has 1 unspecified atom stereocenters. The lowest BCUT2D eigenvalue weighted by Crippen LogP contribution is -2.34. The first-order chi connectivity index (χ1) is 13.9. The molecule has 2 N–H and O–H groups in total. The molecule has 172 valence electrons. The minimum atomic E-state index is -4.21. The Morgan fingerprint density at radius 1 is 1.16 bits per heavy atom. The van der Waals surface area contributed by atoms with Gasteiger partial charge in [-0.25, -0.2) is 0 Å². The molecule has 2 aromatic rings. The van der Waals surface area contributed by atoms with Crippen molar-refractivity contribution in [3.8, 4) is 5.75 Å². The summed E-state index contributed by atoms with van der Waals surface area (Å²) >= 11 is 6.13. The number of fused-ring (bicyclic) bond motifs is 1. The summed E-state index contributed by atoms with van der Waals surface area (Å²) in [5.74, 6) is -0.737. The molecule has 9 heteroatoms. The van der Waals surface area contributed by atoms with Crippen LogP contribution in [0.15, 0.2) is 36.4 Å². The molecule has 1 aliphatic heterocycles. The Morgan fingerprint density at radius 3 is 2.61 bits per heavy atom. The van der Waals surface area contributed by atoms with Gasteiger partial charge in [0, 0.05) is 29.2 Å². The Hall–Kier alpha value is -1.18. The maximum absolute atomic E-state index is 13.4. The first-order valence-corrected chi connectivity index (χ1v) is 10.2. The Bertz CT molecular complexity index is 895. The third kappa shape index (κ3) is 5.60. The molecule has 0 aromatic heterocycles. The molecule has 3 atom stereocenters. The van der Waals surface area contributed by atoms with E-state index in [-0.39, 0.29) is 43.3 Å². The number of nitrogens with one attached hydrogen (secondary N) is 2. The number of hydrogen-bond donors (Lipinski definition) is 2. The van der Waals surface area contributed by atoms with Crippen molar-refractivity contribution < 1.29 is 17.9 Å². The molecule has 0 bridgehead atoms. The van der Waals surface area contributed by atoms with Crippen LogP contribution in [-0.2, 0) is 13.0 Å². The summed E-state index contributed by atoms with van der Waals surface area (Å²) in [7, 11) is 1.56. The first kappa shape index (κ1) is 26.1. The quantitative estimate of drug-likeness (QED) is 0.533. The van der Waals surface area contributed by atoms with Gasteiger partial charge in [-0.05, 0) is 66.8 Å². The summed E-state index contributed by atoms with van der Waals surface area (Å²) < 4.78 is 45.7. The lowest BCUT2D eigenvalue weighted by molar-refractivity contribution is -0.149. The van der Waals surface area contributed by atoms with Crippen LogP contribution in [0.5, 0.6) is 5.75 Å². The molecule has 0 amide bonds. The lowest BCUT2D eigenvalue weighted by Gasteiger charge is -2.23. The fourth-order valence-electron chi connectivity index (χ4n) is 4.56. The summed E-state index contributed by atoms with van der Waals surface area (Å²) in [6, 6.07) is 11.5. The van der Waals surface area contributed by atoms with Gasteiger partial charge in [-0.15, -0.1) is 24.8 Å². The van der Waals surface area contributed by atoms with Crippen molar-refractivity contribution in [3.63, 3.8) is 0 Å². The van der Waals surface area contributed by atoms with Crippen molar-refractivity contribution >= 4 is 36.4 Å². The maximum atomic E-state index is 13.4. The second-order valence-electron chi connectivity index (χ2n) is 7.76. The monoisotopic (exact) mass is 496 g/mol. The van der Waals surface area contributed by atoms with Gasteiger partial charge >= 0.3 is 6.18 Å². The predicted molar refractivity (Wildman–Crippen MR) is 122 cm³/mol. The third-order valence-electron chi connectivity index (χ3n) is 6.00. The van der Waals surface area contributed by atoms with Gasteiger partial charge in [-0.1, -0.05) is 23.7 Å². The van der Waals surface area contributed by atoms with Gasteiger partial charge in [0.1, 0.15) is 5.75 Å². The SMILES string of the molecule is COc1cc2c(cc1CN[C@@H]1CCN[C@@H]1c1cccc(Cl)c1)C(C(F)(F)F)CC2.Cl.Cl. The molecule has 2 aromatic carbocycles. The van der Waals surface area contributed by atoms with E-state index in [0.29, 0.717) is 29.3 Å². The van der Waals surface area contributed by atoms with Crippen molar-refractivity contribution in [2.24, 2.45) is 0 Å². The van der Waals surface area contributed by atoms with E-state index in [0.717, 1.165) is 29.7 Å². The molecular formula is C22H26Cl3F3N2O. The molecular weight excluding hydrogens is 472 g/mol. The van der Waals surface area contributed by atoms with E-state index >= 15 is 0 Å². The van der Waals surface area contributed by atoms with Gasteiger partial charge in [0.15, 0.2) is 0 Å². The predicted octanol–water partition coefficient (Wildman–Crippen LogP) is 5.98. The van der Waals surface area contributed by atoms with Gasteiger partial charge in [-0.3, -0.25) is 0 Å². The number of halogens is 6. The Balaban J connectivity index is 0.00000171. The molecule has 0 spiro atoms. The van der Waals surface area contributed by atoms with Crippen LogP contribution in [0.3, 0.4) is 0 Å². The number of benzene rings is 2. The minimum absolute atomic E-state index is 0. The highest BCUT2D eigenvalue weighted by molar-refractivity contribution is 6.30. The largest absolute Gasteiger partial charge is 0.496 e. The van der Waals surface area contributed by atoms with Crippen LogP contribution in [0.1, 0.15) is 47.1 Å². The van der Waals surface area contributed by atoms with Gasteiger partial charge in [0.2, 0.25) is 0 Å². The minimum Gasteiger partial charge on any atom is -0.496 e.